The summed E-state index contributed by atoms with van der Waals surface area (Å²) in [6.45, 7) is 2.80. The molecule has 3 N–H and O–H groups in total. The molecule has 3 nitrogen and oxygen atoms in total. The lowest BCUT2D eigenvalue weighted by molar-refractivity contribution is 0.929. The molecule has 0 heterocycles. The summed E-state index contributed by atoms with van der Waals surface area (Å²) in [5.41, 5.74) is 6.62. The summed E-state index contributed by atoms with van der Waals surface area (Å²) in [6.07, 6.45) is 0.990. The molecule has 0 aliphatic carbocycles. The Balaban J connectivity index is 2.72. The van der Waals surface area contributed by atoms with Crippen LogP contribution in [0, 0.1) is 0 Å². The summed E-state index contributed by atoms with van der Waals surface area (Å²) in [7, 11) is 0. The first-order valence-electron chi connectivity index (χ1n) is 4.65. The number of nitrogens with one attached hydrogen (secondary N) is 1. The summed E-state index contributed by atoms with van der Waals surface area (Å²) in [5.74, 6) is 0.444. The van der Waals surface area contributed by atoms with Gasteiger partial charge in [-0.2, -0.15) is 0 Å². The van der Waals surface area contributed by atoms with Gasteiger partial charge in [-0.25, -0.2) is 0 Å². The van der Waals surface area contributed by atoms with E-state index in [1.807, 2.05) is 18.2 Å². The van der Waals surface area contributed by atoms with Gasteiger partial charge in [0.1, 0.15) is 0 Å². The lowest BCUT2D eigenvalue weighted by Crippen LogP contribution is -2.23. The maximum atomic E-state index is 5.71. The van der Waals surface area contributed by atoms with E-state index in [0.29, 0.717) is 5.96 Å². The highest BCUT2D eigenvalue weighted by molar-refractivity contribution is 9.11. The average Bonchev–Trinajstić information content (AvgIpc) is 2.19. The highest BCUT2D eigenvalue weighted by atomic mass is 79.9. The van der Waals surface area contributed by atoms with Crippen LogP contribution in [0.4, 0.5) is 5.69 Å². The summed E-state index contributed by atoms with van der Waals surface area (Å²) in [6, 6.07) is 5.83. The van der Waals surface area contributed by atoms with Gasteiger partial charge < -0.3 is 11.1 Å². The monoisotopic (exact) mass is 333 g/mol. The van der Waals surface area contributed by atoms with Gasteiger partial charge in [0.15, 0.2) is 5.96 Å². The third-order valence-electron chi connectivity index (χ3n) is 1.70. The molecule has 0 saturated heterocycles. The van der Waals surface area contributed by atoms with E-state index in [1.165, 1.54) is 0 Å². The summed E-state index contributed by atoms with van der Waals surface area (Å²) in [5, 5.41) is 3.03. The Morgan fingerprint density at radius 2 is 2.20 bits per heavy atom. The topological polar surface area (TPSA) is 50.4 Å². The number of hydrogen-bond acceptors (Lipinski definition) is 1. The van der Waals surface area contributed by atoms with Gasteiger partial charge in [-0.05, 0) is 40.5 Å². The highest BCUT2D eigenvalue weighted by Gasteiger charge is 2.00. The predicted molar refractivity (Wildman–Crippen MR) is 72.2 cm³/mol. The number of nitrogens with zero attached hydrogens (tertiary/aromatic N) is 1. The molecule has 0 saturated carbocycles. The lowest BCUT2D eigenvalue weighted by atomic mass is 10.3. The first-order valence-corrected chi connectivity index (χ1v) is 6.24. The summed E-state index contributed by atoms with van der Waals surface area (Å²) in [4.78, 5) is 4.15. The Bertz CT molecular complexity index is 364. The minimum absolute atomic E-state index is 0.444. The molecular formula is C10H13Br2N3. The number of nitrogens with two attached hydrogens (primary N) is 1. The van der Waals surface area contributed by atoms with Crippen molar-refractivity contribution in [3.05, 3.63) is 27.1 Å². The minimum Gasteiger partial charge on any atom is -0.370 e. The molecule has 1 aromatic carbocycles. The van der Waals surface area contributed by atoms with Crippen LogP contribution in [0.2, 0.25) is 0 Å². The quantitative estimate of drug-likeness (QED) is 0.658. The molecule has 0 aliphatic rings. The zero-order valence-electron chi connectivity index (χ0n) is 8.43. The third kappa shape index (κ3) is 4.22. The smallest absolute Gasteiger partial charge is 0.193 e. The van der Waals surface area contributed by atoms with Crippen molar-refractivity contribution in [2.24, 2.45) is 10.7 Å². The Hall–Kier alpha value is -0.550. The van der Waals surface area contributed by atoms with Crippen molar-refractivity contribution in [3.8, 4) is 0 Å². The Morgan fingerprint density at radius 1 is 1.47 bits per heavy atom. The molecule has 1 aromatic rings. The number of guanidine groups is 1. The van der Waals surface area contributed by atoms with E-state index in [4.69, 9.17) is 5.73 Å². The first kappa shape index (κ1) is 12.5. The number of aliphatic imine (C=N–C) groups is 1. The van der Waals surface area contributed by atoms with Crippen molar-refractivity contribution >= 4 is 43.5 Å². The van der Waals surface area contributed by atoms with Crippen LogP contribution in [-0.2, 0) is 0 Å². The summed E-state index contributed by atoms with van der Waals surface area (Å²) < 4.78 is 1.97. The van der Waals surface area contributed by atoms with Crippen LogP contribution in [0.1, 0.15) is 13.3 Å². The second-order valence-electron chi connectivity index (χ2n) is 3.02. The molecule has 0 bridgehead atoms. The van der Waals surface area contributed by atoms with Gasteiger partial charge in [-0.15, -0.1) is 0 Å². The number of halogens is 2. The maximum Gasteiger partial charge on any atom is 0.193 e. The van der Waals surface area contributed by atoms with Gasteiger partial charge in [0, 0.05) is 15.5 Å². The molecule has 0 amide bonds. The minimum atomic E-state index is 0.444. The molecule has 0 aromatic heterocycles. The van der Waals surface area contributed by atoms with E-state index >= 15 is 0 Å². The van der Waals surface area contributed by atoms with E-state index in [0.717, 1.165) is 27.6 Å². The van der Waals surface area contributed by atoms with Crippen LogP contribution in [-0.4, -0.2) is 12.5 Å². The van der Waals surface area contributed by atoms with Gasteiger partial charge in [-0.3, -0.25) is 4.99 Å². The van der Waals surface area contributed by atoms with Crippen molar-refractivity contribution in [2.75, 3.05) is 11.9 Å². The van der Waals surface area contributed by atoms with Crippen LogP contribution in [0.25, 0.3) is 0 Å². The molecule has 82 valence electrons. The number of anilines is 1. The number of benzene rings is 1. The van der Waals surface area contributed by atoms with Crippen LogP contribution in [0.5, 0.6) is 0 Å². The van der Waals surface area contributed by atoms with E-state index in [-0.39, 0.29) is 0 Å². The highest BCUT2D eigenvalue weighted by Crippen LogP contribution is 2.25. The number of rotatable bonds is 3. The predicted octanol–water partition coefficient (Wildman–Crippen LogP) is 3.35. The Kier molecular flexibility index (Phi) is 5.11. The van der Waals surface area contributed by atoms with Gasteiger partial charge in [0.2, 0.25) is 0 Å². The maximum absolute atomic E-state index is 5.71. The van der Waals surface area contributed by atoms with Gasteiger partial charge in [0.05, 0.1) is 5.69 Å². The van der Waals surface area contributed by atoms with Crippen LogP contribution in [0.3, 0.4) is 0 Å². The number of hydrogen-bond donors (Lipinski definition) is 2. The SMILES string of the molecule is CCCN=C(N)Nc1ccc(Br)cc1Br. The fourth-order valence-corrected chi connectivity index (χ4v) is 2.15. The largest absolute Gasteiger partial charge is 0.370 e. The van der Waals surface area contributed by atoms with E-state index in [1.54, 1.807) is 0 Å². The molecule has 0 atom stereocenters. The van der Waals surface area contributed by atoms with Crippen molar-refractivity contribution in [3.63, 3.8) is 0 Å². The second-order valence-corrected chi connectivity index (χ2v) is 4.79. The lowest BCUT2D eigenvalue weighted by Gasteiger charge is -2.07. The zero-order chi connectivity index (χ0) is 11.3. The van der Waals surface area contributed by atoms with Gasteiger partial charge >= 0.3 is 0 Å². The molecule has 0 spiro atoms. The van der Waals surface area contributed by atoms with Crippen molar-refractivity contribution in [1.82, 2.24) is 0 Å². The van der Waals surface area contributed by atoms with Crippen LogP contribution >= 0.6 is 31.9 Å². The van der Waals surface area contributed by atoms with E-state index in [9.17, 15) is 0 Å². The Morgan fingerprint density at radius 3 is 2.80 bits per heavy atom. The van der Waals surface area contributed by atoms with Crippen molar-refractivity contribution in [2.45, 2.75) is 13.3 Å². The van der Waals surface area contributed by atoms with Crippen LogP contribution < -0.4 is 11.1 Å². The van der Waals surface area contributed by atoms with Gasteiger partial charge in [-0.1, -0.05) is 22.9 Å². The molecule has 0 aliphatic heterocycles. The van der Waals surface area contributed by atoms with E-state index in [2.05, 4.69) is 49.1 Å². The molecule has 0 fully saturated rings. The van der Waals surface area contributed by atoms with Crippen molar-refractivity contribution in [1.29, 1.82) is 0 Å². The third-order valence-corrected chi connectivity index (χ3v) is 2.85. The fraction of sp³-hybridized carbons (Fsp3) is 0.300. The standard InChI is InChI=1S/C10H13Br2N3/c1-2-5-14-10(13)15-9-4-3-7(11)6-8(9)12/h3-4,6H,2,5H2,1H3,(H3,13,14,15). The molecule has 1 rings (SSSR count). The average molecular weight is 335 g/mol. The normalized spacial score (nSPS) is 11.5. The molecular weight excluding hydrogens is 322 g/mol. The Labute approximate surface area is 106 Å². The van der Waals surface area contributed by atoms with E-state index < -0.39 is 0 Å². The van der Waals surface area contributed by atoms with Crippen molar-refractivity contribution < 1.29 is 0 Å². The van der Waals surface area contributed by atoms with Crippen LogP contribution in [0.15, 0.2) is 32.1 Å². The summed E-state index contributed by atoms with van der Waals surface area (Å²) >= 11 is 6.83. The van der Waals surface area contributed by atoms with Gasteiger partial charge in [0.25, 0.3) is 0 Å². The second kappa shape index (κ2) is 6.12. The zero-order valence-corrected chi connectivity index (χ0v) is 11.6. The molecule has 5 heteroatoms. The molecule has 15 heavy (non-hydrogen) atoms. The first-order chi connectivity index (χ1) is 7.13. The fourth-order valence-electron chi connectivity index (χ4n) is 1.00. The molecule has 0 unspecified atom stereocenters. The molecule has 0 radical (unpaired) electrons.